The van der Waals surface area contributed by atoms with Crippen molar-refractivity contribution in [2.75, 3.05) is 0 Å². The number of aromatic nitrogens is 1. The molecule has 1 aromatic heterocycles. The monoisotopic (exact) mass is 192 g/mol. The molecule has 0 saturated heterocycles. The van der Waals surface area contributed by atoms with Gasteiger partial charge in [0.1, 0.15) is 0 Å². The van der Waals surface area contributed by atoms with Crippen molar-refractivity contribution in [3.05, 3.63) is 30.1 Å². The molecule has 2 nitrogen and oxygen atoms in total. The minimum Gasteiger partial charge on any atom is -0.308 e. The normalized spacial score (nSPS) is 15.1. The van der Waals surface area contributed by atoms with E-state index in [9.17, 15) is 0 Å². The zero-order chi connectivity index (χ0) is 10.4. The van der Waals surface area contributed by atoms with Gasteiger partial charge in [0.2, 0.25) is 0 Å². The van der Waals surface area contributed by atoms with Crippen molar-refractivity contribution in [3.8, 4) is 0 Å². The Morgan fingerprint density at radius 3 is 2.71 bits per heavy atom. The Hall–Kier alpha value is -0.890. The Balaban J connectivity index is 2.34. The molecule has 0 radical (unpaired) electrons. The summed E-state index contributed by atoms with van der Waals surface area (Å²) >= 11 is 0. The van der Waals surface area contributed by atoms with Gasteiger partial charge >= 0.3 is 0 Å². The van der Waals surface area contributed by atoms with Crippen LogP contribution in [0.4, 0.5) is 0 Å². The van der Waals surface area contributed by atoms with E-state index in [-0.39, 0.29) is 0 Å². The third kappa shape index (κ3) is 3.46. The summed E-state index contributed by atoms with van der Waals surface area (Å²) in [7, 11) is 0. The molecule has 0 spiro atoms. The van der Waals surface area contributed by atoms with Crippen molar-refractivity contribution in [3.63, 3.8) is 0 Å². The first-order valence-corrected chi connectivity index (χ1v) is 5.37. The van der Waals surface area contributed by atoms with E-state index in [0.29, 0.717) is 6.04 Å². The molecule has 0 unspecified atom stereocenters. The van der Waals surface area contributed by atoms with Gasteiger partial charge in [0, 0.05) is 18.8 Å². The fourth-order valence-corrected chi connectivity index (χ4v) is 1.32. The number of hydrogen-bond donors (Lipinski definition) is 1. The summed E-state index contributed by atoms with van der Waals surface area (Å²) in [6.07, 6.45) is 3.06. The van der Waals surface area contributed by atoms with Crippen molar-refractivity contribution in [2.24, 2.45) is 5.92 Å². The number of rotatable bonds is 5. The van der Waals surface area contributed by atoms with E-state index in [1.807, 2.05) is 18.3 Å². The zero-order valence-corrected chi connectivity index (χ0v) is 9.33. The van der Waals surface area contributed by atoms with E-state index in [4.69, 9.17) is 0 Å². The Bertz CT molecular complexity index is 246. The zero-order valence-electron chi connectivity index (χ0n) is 9.33. The van der Waals surface area contributed by atoms with Gasteiger partial charge in [-0.05, 0) is 25.0 Å². The van der Waals surface area contributed by atoms with Gasteiger partial charge in [0.15, 0.2) is 0 Å². The van der Waals surface area contributed by atoms with Gasteiger partial charge in [-0.1, -0.05) is 26.3 Å². The number of pyridine rings is 1. The summed E-state index contributed by atoms with van der Waals surface area (Å²) in [6, 6.07) is 6.58. The molecular weight excluding hydrogens is 172 g/mol. The second-order valence-electron chi connectivity index (χ2n) is 3.88. The summed E-state index contributed by atoms with van der Waals surface area (Å²) < 4.78 is 0. The molecular formula is C12H20N2. The fraction of sp³-hybridized carbons (Fsp3) is 0.583. The first-order valence-electron chi connectivity index (χ1n) is 5.37. The average Bonchev–Trinajstić information content (AvgIpc) is 2.26. The lowest BCUT2D eigenvalue weighted by atomic mass is 10.0. The molecule has 1 rings (SSSR count). The maximum atomic E-state index is 4.27. The fourth-order valence-electron chi connectivity index (χ4n) is 1.32. The molecule has 1 N–H and O–H groups in total. The first-order chi connectivity index (χ1) is 6.74. The molecule has 0 aromatic carbocycles. The van der Waals surface area contributed by atoms with Crippen molar-refractivity contribution >= 4 is 0 Å². The highest BCUT2D eigenvalue weighted by Crippen LogP contribution is 2.07. The minimum atomic E-state index is 0.557. The summed E-state index contributed by atoms with van der Waals surface area (Å²) in [5.74, 6) is 0.721. The molecule has 2 heteroatoms. The highest BCUT2D eigenvalue weighted by Gasteiger charge is 2.08. The first kappa shape index (κ1) is 11.2. The molecule has 0 bridgehead atoms. The van der Waals surface area contributed by atoms with E-state index in [2.05, 4.69) is 37.1 Å². The predicted molar refractivity (Wildman–Crippen MR) is 60.0 cm³/mol. The van der Waals surface area contributed by atoms with Gasteiger partial charge in [-0.25, -0.2) is 0 Å². The van der Waals surface area contributed by atoms with Gasteiger partial charge < -0.3 is 5.32 Å². The minimum absolute atomic E-state index is 0.557. The van der Waals surface area contributed by atoms with Crippen LogP contribution in [0.1, 0.15) is 32.9 Å². The Labute approximate surface area is 86.8 Å². The molecule has 0 saturated carbocycles. The van der Waals surface area contributed by atoms with Crippen LogP contribution in [0, 0.1) is 5.92 Å². The third-order valence-electron chi connectivity index (χ3n) is 2.83. The Morgan fingerprint density at radius 2 is 2.14 bits per heavy atom. The van der Waals surface area contributed by atoms with Crippen LogP contribution < -0.4 is 5.32 Å². The van der Waals surface area contributed by atoms with E-state index < -0.39 is 0 Å². The van der Waals surface area contributed by atoms with Gasteiger partial charge in [-0.15, -0.1) is 0 Å². The van der Waals surface area contributed by atoms with E-state index in [0.717, 1.165) is 18.2 Å². The molecule has 1 aromatic rings. The van der Waals surface area contributed by atoms with Gasteiger partial charge in [0.25, 0.3) is 0 Å². The van der Waals surface area contributed by atoms with E-state index in [1.54, 1.807) is 0 Å². The maximum absolute atomic E-state index is 4.27. The molecule has 0 fully saturated rings. The van der Waals surface area contributed by atoms with Crippen LogP contribution in [0.15, 0.2) is 24.4 Å². The van der Waals surface area contributed by atoms with Crippen molar-refractivity contribution < 1.29 is 0 Å². The lowest BCUT2D eigenvalue weighted by Gasteiger charge is -2.19. The molecule has 2 atom stereocenters. The summed E-state index contributed by atoms with van der Waals surface area (Å²) in [5, 5.41) is 3.49. The molecule has 0 aliphatic carbocycles. The second kappa shape index (κ2) is 5.76. The standard InChI is InChI=1S/C12H20N2/c1-4-10(2)11(3)14-9-12-7-5-6-8-13-12/h5-8,10-11,14H,4,9H2,1-3H3/t10-,11+/m0/s1. The number of nitrogens with one attached hydrogen (secondary N) is 1. The van der Waals surface area contributed by atoms with Crippen molar-refractivity contribution in [2.45, 2.75) is 39.8 Å². The smallest absolute Gasteiger partial charge is 0.0541 e. The Kier molecular flexibility index (Phi) is 4.60. The molecule has 0 aliphatic rings. The second-order valence-corrected chi connectivity index (χ2v) is 3.88. The van der Waals surface area contributed by atoms with Gasteiger partial charge in [0.05, 0.1) is 5.69 Å². The van der Waals surface area contributed by atoms with Gasteiger partial charge in [-0.2, -0.15) is 0 Å². The Morgan fingerprint density at radius 1 is 1.36 bits per heavy atom. The highest BCUT2D eigenvalue weighted by molar-refractivity contribution is 5.03. The topological polar surface area (TPSA) is 24.9 Å². The van der Waals surface area contributed by atoms with E-state index >= 15 is 0 Å². The summed E-state index contributed by atoms with van der Waals surface area (Å²) in [5.41, 5.74) is 1.11. The SMILES string of the molecule is CC[C@H](C)[C@@H](C)NCc1ccccn1. The lowest BCUT2D eigenvalue weighted by molar-refractivity contribution is 0.388. The van der Waals surface area contributed by atoms with Crippen molar-refractivity contribution in [1.82, 2.24) is 10.3 Å². The quantitative estimate of drug-likeness (QED) is 0.775. The molecule has 14 heavy (non-hydrogen) atoms. The molecule has 0 amide bonds. The number of hydrogen-bond acceptors (Lipinski definition) is 2. The molecule has 1 heterocycles. The van der Waals surface area contributed by atoms with Crippen LogP contribution in [0.25, 0.3) is 0 Å². The number of nitrogens with zero attached hydrogens (tertiary/aromatic N) is 1. The summed E-state index contributed by atoms with van der Waals surface area (Å²) in [4.78, 5) is 4.27. The average molecular weight is 192 g/mol. The van der Waals surface area contributed by atoms with Gasteiger partial charge in [-0.3, -0.25) is 4.98 Å². The van der Waals surface area contributed by atoms with E-state index in [1.165, 1.54) is 6.42 Å². The maximum Gasteiger partial charge on any atom is 0.0541 e. The summed E-state index contributed by atoms with van der Waals surface area (Å²) in [6.45, 7) is 7.60. The van der Waals surface area contributed by atoms with Crippen LogP contribution in [-0.4, -0.2) is 11.0 Å². The molecule has 0 aliphatic heterocycles. The highest BCUT2D eigenvalue weighted by atomic mass is 14.9. The largest absolute Gasteiger partial charge is 0.308 e. The van der Waals surface area contributed by atoms with Crippen LogP contribution in [0.5, 0.6) is 0 Å². The molecule has 78 valence electrons. The van der Waals surface area contributed by atoms with Crippen LogP contribution >= 0.6 is 0 Å². The van der Waals surface area contributed by atoms with Crippen LogP contribution in [-0.2, 0) is 6.54 Å². The van der Waals surface area contributed by atoms with Crippen LogP contribution in [0.3, 0.4) is 0 Å². The van der Waals surface area contributed by atoms with Crippen LogP contribution in [0.2, 0.25) is 0 Å². The van der Waals surface area contributed by atoms with Crippen molar-refractivity contribution in [1.29, 1.82) is 0 Å². The predicted octanol–water partition coefficient (Wildman–Crippen LogP) is 2.61. The third-order valence-corrected chi connectivity index (χ3v) is 2.83. The lowest BCUT2D eigenvalue weighted by Crippen LogP contribution is -2.31.